The van der Waals surface area contributed by atoms with Crippen LogP contribution < -0.4 is 4.90 Å². The second-order valence-corrected chi connectivity index (χ2v) is 5.51. The lowest BCUT2D eigenvalue weighted by Gasteiger charge is -2.33. The zero-order valence-corrected chi connectivity index (χ0v) is 11.0. The summed E-state index contributed by atoms with van der Waals surface area (Å²) >= 11 is 7.14. The molecule has 2 aromatic carbocycles. The Morgan fingerprint density at radius 2 is 1.63 bits per heavy atom. The molecule has 1 aliphatic rings. The maximum Gasteiger partial charge on any atom is 0.489 e. The van der Waals surface area contributed by atoms with Gasteiger partial charge in [-0.2, -0.15) is 0 Å². The number of nitrogens with zero attached hydrogens (tertiary/aromatic N) is 1. The first-order valence-electron chi connectivity index (χ1n) is 5.40. The number of fused-ring (bicyclic) bond motifs is 2. The predicted octanol–water partition coefficient (Wildman–Crippen LogP) is 5.46. The van der Waals surface area contributed by atoms with Crippen LogP contribution in [0.5, 0.6) is 0 Å². The molecule has 19 heavy (non-hydrogen) atoms. The second-order valence-electron chi connectivity index (χ2n) is 3.99. The normalized spacial score (nSPS) is 14.0. The van der Waals surface area contributed by atoms with Gasteiger partial charge in [-0.05, 0) is 30.3 Å². The van der Waals surface area contributed by atoms with E-state index in [1.165, 1.54) is 30.0 Å². The molecule has 0 spiro atoms. The van der Waals surface area contributed by atoms with E-state index in [2.05, 4.69) is 0 Å². The van der Waals surface area contributed by atoms with Crippen LogP contribution in [0.15, 0.2) is 52.3 Å². The number of halogens is 4. The highest BCUT2D eigenvalue weighted by atomic mass is 35.5. The van der Waals surface area contributed by atoms with Crippen molar-refractivity contribution in [3.8, 4) is 0 Å². The van der Waals surface area contributed by atoms with Crippen LogP contribution in [0, 0.1) is 0 Å². The highest BCUT2D eigenvalue weighted by molar-refractivity contribution is 7.99. The molecule has 0 saturated heterocycles. The average Bonchev–Trinajstić information content (AvgIpc) is 2.34. The maximum absolute atomic E-state index is 13.3. The molecule has 1 heterocycles. The molecule has 6 heteroatoms. The van der Waals surface area contributed by atoms with Gasteiger partial charge < -0.3 is 0 Å². The zero-order valence-electron chi connectivity index (χ0n) is 9.41. The molecule has 98 valence electrons. The number of alkyl halides is 3. The molecule has 0 amide bonds. The molecule has 1 nitrogen and oxygen atoms in total. The Kier molecular flexibility index (Phi) is 2.91. The van der Waals surface area contributed by atoms with Crippen molar-refractivity contribution in [2.45, 2.75) is 16.1 Å². The number of hydrogen-bond acceptors (Lipinski definition) is 2. The summed E-state index contributed by atoms with van der Waals surface area (Å²) in [4.78, 5) is 1.46. The van der Waals surface area contributed by atoms with Gasteiger partial charge in [-0.25, -0.2) is 0 Å². The first-order valence-corrected chi connectivity index (χ1v) is 6.59. The fraction of sp³-hybridized carbons (Fsp3) is 0.0769. The number of hydrogen-bond donors (Lipinski definition) is 0. The molecule has 0 bridgehead atoms. The van der Waals surface area contributed by atoms with Gasteiger partial charge in [-0.3, -0.25) is 4.90 Å². The number of rotatable bonds is 0. The quantitative estimate of drug-likeness (QED) is 0.594. The molecular formula is C13H7ClF3NS. The maximum atomic E-state index is 13.3. The zero-order chi connectivity index (χ0) is 13.6. The topological polar surface area (TPSA) is 3.24 Å². The van der Waals surface area contributed by atoms with Crippen molar-refractivity contribution in [3.63, 3.8) is 0 Å². The number of para-hydroxylation sites is 1. The molecule has 3 rings (SSSR count). The van der Waals surface area contributed by atoms with E-state index < -0.39 is 6.30 Å². The lowest BCUT2D eigenvalue weighted by molar-refractivity contribution is -0.121. The van der Waals surface area contributed by atoms with Crippen LogP contribution in [0.4, 0.5) is 24.5 Å². The Balaban J connectivity index is 2.24. The SMILES string of the molecule is FC(F)(F)N1c2ccccc2Sc2cc(Cl)ccc21. The standard InChI is InChI=1S/C13H7ClF3NS/c14-8-5-6-10-12(7-8)19-11-4-2-1-3-9(11)18(10)13(15,16)17/h1-7H. The molecule has 2 aromatic rings. The molecule has 0 atom stereocenters. The highest BCUT2D eigenvalue weighted by Crippen LogP contribution is 2.52. The van der Waals surface area contributed by atoms with E-state index in [0.717, 1.165) is 0 Å². The molecule has 0 unspecified atom stereocenters. The summed E-state index contributed by atoms with van der Waals surface area (Å²) in [5.41, 5.74) is 0.260. The third-order valence-electron chi connectivity index (χ3n) is 2.74. The molecule has 0 aromatic heterocycles. The lowest BCUT2D eigenvalue weighted by Crippen LogP contribution is -2.35. The fourth-order valence-electron chi connectivity index (χ4n) is 2.00. The van der Waals surface area contributed by atoms with Crippen molar-refractivity contribution >= 4 is 34.7 Å². The summed E-state index contributed by atoms with van der Waals surface area (Å²) in [6, 6.07) is 10.9. The van der Waals surface area contributed by atoms with Crippen LogP contribution in [0.1, 0.15) is 0 Å². The Bertz CT molecular complexity index is 642. The molecule has 0 radical (unpaired) electrons. The van der Waals surface area contributed by atoms with E-state index in [9.17, 15) is 13.2 Å². The summed E-state index contributed by atoms with van der Waals surface area (Å²) in [6.45, 7) is 0. The summed E-state index contributed by atoms with van der Waals surface area (Å²) in [6.07, 6.45) is -4.47. The molecule has 0 saturated carbocycles. The van der Waals surface area contributed by atoms with Crippen molar-refractivity contribution in [1.29, 1.82) is 0 Å². The fourth-order valence-corrected chi connectivity index (χ4v) is 3.34. The van der Waals surface area contributed by atoms with Crippen LogP contribution in [0.25, 0.3) is 0 Å². The van der Waals surface area contributed by atoms with Crippen LogP contribution in [-0.2, 0) is 0 Å². The van der Waals surface area contributed by atoms with Gasteiger partial charge in [0.1, 0.15) is 0 Å². The molecule has 0 N–H and O–H groups in total. The summed E-state index contributed by atoms with van der Waals surface area (Å²) < 4.78 is 39.8. The van der Waals surface area contributed by atoms with E-state index in [-0.39, 0.29) is 11.4 Å². The van der Waals surface area contributed by atoms with Crippen molar-refractivity contribution in [2.24, 2.45) is 0 Å². The number of benzene rings is 2. The van der Waals surface area contributed by atoms with Crippen LogP contribution >= 0.6 is 23.4 Å². The highest BCUT2D eigenvalue weighted by Gasteiger charge is 2.42. The number of anilines is 2. The largest absolute Gasteiger partial charge is 0.489 e. The predicted molar refractivity (Wildman–Crippen MR) is 70.2 cm³/mol. The van der Waals surface area contributed by atoms with E-state index in [1.807, 2.05) is 0 Å². The summed E-state index contributed by atoms with van der Waals surface area (Å²) in [7, 11) is 0. The van der Waals surface area contributed by atoms with Gasteiger partial charge >= 0.3 is 6.30 Å². The molecular weight excluding hydrogens is 295 g/mol. The van der Waals surface area contributed by atoms with E-state index in [1.54, 1.807) is 24.3 Å². The van der Waals surface area contributed by atoms with Crippen molar-refractivity contribution in [2.75, 3.05) is 4.90 Å². The first kappa shape index (κ1) is 12.7. The first-order chi connectivity index (χ1) is 8.97. The Morgan fingerprint density at radius 1 is 0.947 bits per heavy atom. The van der Waals surface area contributed by atoms with Gasteiger partial charge in [-0.1, -0.05) is 35.5 Å². The second kappa shape index (κ2) is 4.35. The van der Waals surface area contributed by atoms with Crippen molar-refractivity contribution < 1.29 is 13.2 Å². The van der Waals surface area contributed by atoms with Gasteiger partial charge in [0.2, 0.25) is 0 Å². The van der Waals surface area contributed by atoms with Gasteiger partial charge in [0.25, 0.3) is 0 Å². The monoisotopic (exact) mass is 301 g/mol. The van der Waals surface area contributed by atoms with Crippen molar-refractivity contribution in [1.82, 2.24) is 0 Å². The Hall–Kier alpha value is -1.33. The lowest BCUT2D eigenvalue weighted by atomic mass is 10.2. The van der Waals surface area contributed by atoms with Gasteiger partial charge in [0.05, 0.1) is 11.4 Å². The van der Waals surface area contributed by atoms with E-state index in [4.69, 9.17) is 11.6 Å². The molecule has 0 aliphatic carbocycles. The Labute approximate surface area is 117 Å². The molecule has 1 aliphatic heterocycles. The van der Waals surface area contributed by atoms with Crippen LogP contribution in [0.2, 0.25) is 5.02 Å². The van der Waals surface area contributed by atoms with E-state index in [0.29, 0.717) is 19.7 Å². The summed E-state index contributed by atoms with van der Waals surface area (Å²) in [5, 5.41) is 0.424. The van der Waals surface area contributed by atoms with Gasteiger partial charge in [0, 0.05) is 14.8 Å². The minimum Gasteiger partial charge on any atom is -0.251 e. The third-order valence-corrected chi connectivity index (χ3v) is 4.09. The smallest absolute Gasteiger partial charge is 0.251 e. The molecule has 0 fully saturated rings. The summed E-state index contributed by atoms with van der Waals surface area (Å²) in [5.74, 6) is 0. The Morgan fingerprint density at radius 3 is 2.37 bits per heavy atom. The average molecular weight is 302 g/mol. The van der Waals surface area contributed by atoms with Crippen LogP contribution in [-0.4, -0.2) is 6.30 Å². The van der Waals surface area contributed by atoms with Gasteiger partial charge in [-0.15, -0.1) is 13.2 Å². The third kappa shape index (κ3) is 2.17. The van der Waals surface area contributed by atoms with Gasteiger partial charge in [0.15, 0.2) is 0 Å². The van der Waals surface area contributed by atoms with Crippen molar-refractivity contribution in [3.05, 3.63) is 47.5 Å². The minimum absolute atomic E-state index is 0.112. The van der Waals surface area contributed by atoms with E-state index >= 15 is 0 Å². The van der Waals surface area contributed by atoms with Crippen LogP contribution in [0.3, 0.4) is 0 Å². The minimum atomic E-state index is -4.47.